The zero-order valence-corrected chi connectivity index (χ0v) is 16.6. The molecule has 6 heteroatoms. The first-order chi connectivity index (χ1) is 13.5. The van der Waals surface area contributed by atoms with Gasteiger partial charge < -0.3 is 10.4 Å². The molecule has 0 bridgehead atoms. The second kappa shape index (κ2) is 9.50. The Bertz CT molecular complexity index is 693. The molecule has 0 spiro atoms. The average Bonchev–Trinajstić information content (AvgIpc) is 2.94. The van der Waals surface area contributed by atoms with E-state index in [0.717, 1.165) is 12.8 Å². The number of benzene rings is 1. The van der Waals surface area contributed by atoms with Crippen LogP contribution in [0.5, 0.6) is 0 Å². The molecule has 1 aliphatic heterocycles. The summed E-state index contributed by atoms with van der Waals surface area (Å²) in [5, 5.41) is 13.0. The molecule has 2 aliphatic rings. The molecule has 1 aromatic rings. The lowest BCUT2D eigenvalue weighted by Crippen LogP contribution is -2.45. The van der Waals surface area contributed by atoms with E-state index in [0.29, 0.717) is 43.1 Å². The van der Waals surface area contributed by atoms with Crippen molar-refractivity contribution >= 4 is 11.9 Å². The number of carbonyl (C=O) groups excluding carboxylic acids is 1. The van der Waals surface area contributed by atoms with Gasteiger partial charge in [-0.05, 0) is 49.8 Å². The molecule has 3 rings (SSSR count). The molecule has 154 valence electrons. The summed E-state index contributed by atoms with van der Waals surface area (Å²) in [6.45, 7) is 2.74. The van der Waals surface area contributed by atoms with E-state index in [4.69, 9.17) is 0 Å². The van der Waals surface area contributed by atoms with Gasteiger partial charge in [-0.1, -0.05) is 37.8 Å². The predicted molar refractivity (Wildman–Crippen MR) is 105 cm³/mol. The molecule has 2 N–H and O–H groups in total. The first-order valence-electron chi connectivity index (χ1n) is 10.5. The fourth-order valence-corrected chi connectivity index (χ4v) is 4.51. The third-order valence-electron chi connectivity index (χ3n) is 6.20. The Kier molecular flexibility index (Phi) is 7.05. The second-order valence-corrected chi connectivity index (χ2v) is 8.26. The van der Waals surface area contributed by atoms with E-state index < -0.39 is 12.0 Å². The number of carboxylic acid groups (broad SMARTS) is 1. The van der Waals surface area contributed by atoms with Crippen LogP contribution in [0.2, 0.25) is 0 Å². The number of aliphatic carboxylic acids is 1. The van der Waals surface area contributed by atoms with E-state index in [1.165, 1.54) is 31.7 Å². The number of aryl methyl sites for hydroxylation is 1. The highest BCUT2D eigenvalue weighted by Crippen LogP contribution is 2.29. The number of hydrogen-bond acceptors (Lipinski definition) is 3. The maximum Gasteiger partial charge on any atom is 0.325 e. The van der Waals surface area contributed by atoms with E-state index in [9.17, 15) is 19.1 Å². The summed E-state index contributed by atoms with van der Waals surface area (Å²) >= 11 is 0. The molecule has 5 nitrogen and oxygen atoms in total. The summed E-state index contributed by atoms with van der Waals surface area (Å²) in [6.07, 6.45) is 8.31. The molecule has 1 saturated heterocycles. The fraction of sp³-hybridized carbons (Fsp3) is 0.636. The Balaban J connectivity index is 1.58. The van der Waals surface area contributed by atoms with E-state index in [-0.39, 0.29) is 17.6 Å². The van der Waals surface area contributed by atoms with E-state index in [2.05, 4.69) is 5.32 Å². The molecule has 1 saturated carbocycles. The number of carboxylic acids is 1. The van der Waals surface area contributed by atoms with Gasteiger partial charge in [0.15, 0.2) is 0 Å². The average molecular weight is 390 g/mol. The lowest BCUT2D eigenvalue weighted by Gasteiger charge is -2.35. The molecule has 1 heterocycles. The number of carbonyl (C=O) groups is 2. The van der Waals surface area contributed by atoms with Gasteiger partial charge in [-0.3, -0.25) is 14.5 Å². The van der Waals surface area contributed by atoms with Crippen molar-refractivity contribution in [2.24, 2.45) is 5.92 Å². The highest BCUT2D eigenvalue weighted by molar-refractivity contribution is 5.79. The van der Waals surface area contributed by atoms with E-state index in [1.54, 1.807) is 19.1 Å². The molecule has 0 radical (unpaired) electrons. The number of piperidine rings is 1. The van der Waals surface area contributed by atoms with Crippen LogP contribution in [0.4, 0.5) is 4.39 Å². The van der Waals surface area contributed by atoms with Crippen molar-refractivity contribution in [3.05, 3.63) is 35.1 Å². The zero-order valence-electron chi connectivity index (χ0n) is 16.6. The van der Waals surface area contributed by atoms with Gasteiger partial charge in [-0.25, -0.2) is 4.39 Å². The van der Waals surface area contributed by atoms with Crippen LogP contribution in [0.25, 0.3) is 0 Å². The van der Waals surface area contributed by atoms with Crippen molar-refractivity contribution in [1.82, 2.24) is 10.2 Å². The SMILES string of the molecule is Cc1cc([C@H](C(=O)O)N2CCC(C(=O)NC3CCCCCC3)CC2)ccc1F. The lowest BCUT2D eigenvalue weighted by molar-refractivity contribution is -0.144. The van der Waals surface area contributed by atoms with Crippen LogP contribution >= 0.6 is 0 Å². The highest BCUT2D eigenvalue weighted by Gasteiger charge is 2.33. The maximum absolute atomic E-state index is 13.6. The first kappa shape index (κ1) is 20.8. The maximum atomic E-state index is 13.6. The number of hydrogen-bond donors (Lipinski definition) is 2. The number of rotatable bonds is 5. The van der Waals surface area contributed by atoms with Crippen molar-refractivity contribution in [2.45, 2.75) is 70.4 Å². The molecule has 0 aromatic heterocycles. The van der Waals surface area contributed by atoms with Gasteiger partial charge in [0.1, 0.15) is 11.9 Å². The van der Waals surface area contributed by atoms with Crippen molar-refractivity contribution in [2.75, 3.05) is 13.1 Å². The van der Waals surface area contributed by atoms with Gasteiger partial charge in [0.25, 0.3) is 0 Å². The molecular formula is C22H31FN2O3. The number of likely N-dealkylation sites (tertiary alicyclic amines) is 1. The van der Waals surface area contributed by atoms with Crippen molar-refractivity contribution in [3.8, 4) is 0 Å². The van der Waals surface area contributed by atoms with Gasteiger partial charge in [0, 0.05) is 25.0 Å². The second-order valence-electron chi connectivity index (χ2n) is 8.26. The summed E-state index contributed by atoms with van der Waals surface area (Å²) in [5.74, 6) is -1.20. The van der Waals surface area contributed by atoms with Crippen molar-refractivity contribution in [1.29, 1.82) is 0 Å². The summed E-state index contributed by atoms with van der Waals surface area (Å²) in [5.41, 5.74) is 1.04. The number of halogens is 1. The minimum absolute atomic E-state index is 0.0519. The topological polar surface area (TPSA) is 69.6 Å². The van der Waals surface area contributed by atoms with Crippen molar-refractivity contribution in [3.63, 3.8) is 0 Å². The van der Waals surface area contributed by atoms with Crippen molar-refractivity contribution < 1.29 is 19.1 Å². The number of amides is 1. The number of nitrogens with zero attached hydrogens (tertiary/aromatic N) is 1. The zero-order chi connectivity index (χ0) is 20.1. The summed E-state index contributed by atoms with van der Waals surface area (Å²) in [4.78, 5) is 26.4. The Labute approximate surface area is 166 Å². The Morgan fingerprint density at radius 1 is 1.11 bits per heavy atom. The summed E-state index contributed by atoms with van der Waals surface area (Å²) < 4.78 is 13.6. The smallest absolute Gasteiger partial charge is 0.325 e. The Morgan fingerprint density at radius 2 is 1.75 bits per heavy atom. The largest absolute Gasteiger partial charge is 0.480 e. The number of nitrogens with one attached hydrogen (secondary N) is 1. The van der Waals surface area contributed by atoms with Crippen LogP contribution in [0.1, 0.15) is 68.5 Å². The van der Waals surface area contributed by atoms with E-state index >= 15 is 0 Å². The lowest BCUT2D eigenvalue weighted by atomic mass is 9.92. The van der Waals surface area contributed by atoms with Crippen LogP contribution in [0.15, 0.2) is 18.2 Å². The molecule has 2 fully saturated rings. The molecular weight excluding hydrogens is 359 g/mol. The Morgan fingerprint density at radius 3 is 2.32 bits per heavy atom. The molecule has 28 heavy (non-hydrogen) atoms. The normalized spacial score (nSPS) is 21.1. The Hall–Kier alpha value is -1.95. The van der Waals surface area contributed by atoms with Gasteiger partial charge in [0.2, 0.25) is 5.91 Å². The molecule has 1 amide bonds. The van der Waals surface area contributed by atoms with Gasteiger partial charge in [-0.2, -0.15) is 0 Å². The monoisotopic (exact) mass is 390 g/mol. The van der Waals surface area contributed by atoms with Gasteiger partial charge in [0.05, 0.1) is 0 Å². The fourth-order valence-electron chi connectivity index (χ4n) is 4.51. The molecule has 1 atom stereocenters. The van der Waals surface area contributed by atoms with Crippen LogP contribution < -0.4 is 5.32 Å². The first-order valence-corrected chi connectivity index (χ1v) is 10.5. The minimum Gasteiger partial charge on any atom is -0.480 e. The third kappa shape index (κ3) is 5.10. The molecule has 0 unspecified atom stereocenters. The predicted octanol–water partition coefficient (Wildman–Crippen LogP) is 3.81. The van der Waals surface area contributed by atoms with Gasteiger partial charge >= 0.3 is 5.97 Å². The van der Waals surface area contributed by atoms with Gasteiger partial charge in [-0.15, -0.1) is 0 Å². The van der Waals surface area contributed by atoms with Crippen LogP contribution in [-0.2, 0) is 9.59 Å². The summed E-state index contributed by atoms with van der Waals surface area (Å²) in [7, 11) is 0. The quantitative estimate of drug-likeness (QED) is 0.750. The van der Waals surface area contributed by atoms with Crippen LogP contribution in [0, 0.1) is 18.7 Å². The standard InChI is InChI=1S/C22H31FN2O3/c1-15-14-17(8-9-19(15)23)20(22(27)28)25-12-10-16(11-13-25)21(26)24-18-6-4-2-3-5-7-18/h8-9,14,16,18,20H,2-7,10-13H2,1H3,(H,24,26)(H,27,28)/t20-/m1/s1. The van der Waals surface area contributed by atoms with Crippen LogP contribution in [-0.4, -0.2) is 41.0 Å². The van der Waals surface area contributed by atoms with E-state index in [1.807, 2.05) is 4.90 Å². The molecule has 1 aromatic carbocycles. The highest BCUT2D eigenvalue weighted by atomic mass is 19.1. The third-order valence-corrected chi connectivity index (χ3v) is 6.20. The minimum atomic E-state index is -0.938. The molecule has 1 aliphatic carbocycles. The summed E-state index contributed by atoms with van der Waals surface area (Å²) in [6, 6.07) is 3.98. The van der Waals surface area contributed by atoms with Crippen LogP contribution in [0.3, 0.4) is 0 Å².